The molecule has 2 aromatic carbocycles. The van der Waals surface area contributed by atoms with Crippen LogP contribution in [-0.2, 0) is 70.7 Å². The predicted octanol–water partition coefficient (Wildman–Crippen LogP) is 4.41. The second-order valence-corrected chi connectivity index (χ2v) is 13.8. The van der Waals surface area contributed by atoms with Crippen molar-refractivity contribution in [1.82, 2.24) is 19.9 Å². The molecule has 24 heteroatoms. The number of rotatable bonds is 0. The van der Waals surface area contributed by atoms with Gasteiger partial charge in [-0.3, -0.25) is 19.9 Å². The fraction of sp³-hybridized carbons (Fsp3) is 0.235. The van der Waals surface area contributed by atoms with Gasteiger partial charge in [0.25, 0.3) is 0 Å². The normalized spacial score (nSPS) is 10.9. The Balaban J connectivity index is 0. The summed E-state index contributed by atoms with van der Waals surface area (Å²) in [6.07, 6.45) is 0. The molecule has 6 rings (SSSR count). The van der Waals surface area contributed by atoms with Crippen molar-refractivity contribution in [3.63, 3.8) is 0 Å². The molecule has 6 aromatic rings. The number of hydrogen-bond donors (Lipinski definition) is 0. The van der Waals surface area contributed by atoms with Gasteiger partial charge in [0, 0.05) is 56.3 Å². The van der Waals surface area contributed by atoms with Crippen molar-refractivity contribution < 1.29 is 113 Å². The third-order valence-electron chi connectivity index (χ3n) is 6.16. The molecular formula is C34H30F6N4O10Pd2S2. The third-order valence-corrected chi connectivity index (χ3v) is 7.30. The number of hydrogen-bond acceptors (Lipinski definition) is 14. The number of alkyl halides is 6. The Morgan fingerprint density at radius 1 is 0.448 bits per heavy atom. The summed E-state index contributed by atoms with van der Waals surface area (Å²) in [5.74, 6) is -2.17. The molecule has 0 fully saturated rings. The van der Waals surface area contributed by atoms with Gasteiger partial charge in [0.2, 0.25) is 0 Å². The van der Waals surface area contributed by atoms with Crippen LogP contribution in [0.2, 0.25) is 0 Å². The number of aliphatic carboxylic acids is 2. The summed E-state index contributed by atoms with van der Waals surface area (Å²) in [6.45, 7) is 9.98. The van der Waals surface area contributed by atoms with E-state index in [0.29, 0.717) is 0 Å². The first-order valence-electron chi connectivity index (χ1n) is 15.1. The Labute approximate surface area is 354 Å². The number of pyridine rings is 4. The SMILES string of the molecule is CC(=O)[O-].CC(=O)[O-].Cc1ccc2ccc3ccc(C)nc3c2n1.Cc1ccc2ccc3ccc(C)nc3c2n1.O=S(=O)([O-])C(F)(F)F.O=S(=O)([O-])C(F)(F)F.[Pd+2].[Pd+2]. The van der Waals surface area contributed by atoms with E-state index in [1.807, 2.05) is 52.0 Å². The van der Waals surface area contributed by atoms with Crippen LogP contribution >= 0.6 is 0 Å². The number of carboxylic acid groups (broad SMARTS) is 2. The first kappa shape index (κ1) is 55.8. The minimum atomic E-state index is -6.09. The Bertz CT molecular complexity index is 2260. The van der Waals surface area contributed by atoms with Crippen molar-refractivity contribution in [3.05, 3.63) is 95.6 Å². The minimum absolute atomic E-state index is 0. The number of aromatic nitrogens is 4. The number of carbonyl (C=O) groups excluding carboxylic acids is 2. The fourth-order valence-electron chi connectivity index (χ4n) is 3.93. The Morgan fingerprint density at radius 3 is 0.690 bits per heavy atom. The molecule has 0 saturated carbocycles. The molecule has 0 atom stereocenters. The quantitative estimate of drug-likeness (QED) is 0.0673. The van der Waals surface area contributed by atoms with E-state index in [1.165, 1.54) is 0 Å². The van der Waals surface area contributed by atoms with Gasteiger partial charge in [-0.2, -0.15) is 26.3 Å². The Morgan fingerprint density at radius 2 is 0.569 bits per heavy atom. The second kappa shape index (κ2) is 23.4. The van der Waals surface area contributed by atoms with Crippen LogP contribution in [-0.4, -0.2) is 68.8 Å². The van der Waals surface area contributed by atoms with E-state index in [9.17, 15) is 26.3 Å². The van der Waals surface area contributed by atoms with Crippen LogP contribution in [0.25, 0.3) is 43.6 Å². The molecule has 0 spiro atoms. The Hall–Kier alpha value is -4.26. The smallest absolute Gasteiger partial charge is 0.741 e. The van der Waals surface area contributed by atoms with Crippen LogP contribution in [0.15, 0.2) is 72.8 Å². The number of nitrogens with zero attached hydrogens (tertiary/aromatic N) is 4. The topological polar surface area (TPSA) is 246 Å². The van der Waals surface area contributed by atoms with Gasteiger partial charge in [0.15, 0.2) is 20.2 Å². The molecule has 58 heavy (non-hydrogen) atoms. The molecule has 0 aliphatic rings. The molecular weight excluding hydrogens is 1020 g/mol. The summed E-state index contributed by atoms with van der Waals surface area (Å²) >= 11 is 0. The first-order chi connectivity index (χ1) is 25.4. The molecule has 4 heterocycles. The van der Waals surface area contributed by atoms with Gasteiger partial charge in [-0.05, 0) is 65.8 Å². The molecule has 0 aliphatic carbocycles. The van der Waals surface area contributed by atoms with Crippen molar-refractivity contribution >= 4 is 75.8 Å². The molecule has 0 amide bonds. The average Bonchev–Trinajstić information content (AvgIpc) is 3.03. The predicted molar refractivity (Wildman–Crippen MR) is 186 cm³/mol. The van der Waals surface area contributed by atoms with E-state index < -0.39 is 43.2 Å². The maximum absolute atomic E-state index is 10.7. The number of benzene rings is 2. The summed E-state index contributed by atoms with van der Waals surface area (Å²) in [7, 11) is -12.2. The van der Waals surface area contributed by atoms with Crippen LogP contribution < -0.4 is 10.2 Å². The number of fused-ring (bicyclic) bond motifs is 6. The fourth-order valence-corrected chi connectivity index (χ4v) is 3.93. The zero-order chi connectivity index (χ0) is 43.4. The van der Waals surface area contributed by atoms with E-state index in [1.54, 1.807) is 0 Å². The molecule has 0 N–H and O–H groups in total. The van der Waals surface area contributed by atoms with E-state index in [-0.39, 0.29) is 40.8 Å². The number of carboxylic acids is 2. The molecule has 0 radical (unpaired) electrons. The summed E-state index contributed by atoms with van der Waals surface area (Å²) in [5, 5.41) is 22.4. The molecule has 14 nitrogen and oxygen atoms in total. The third kappa shape index (κ3) is 19.0. The summed E-state index contributed by atoms with van der Waals surface area (Å²) < 4.78 is 118. The molecule has 0 bridgehead atoms. The van der Waals surface area contributed by atoms with Gasteiger partial charge < -0.3 is 28.9 Å². The molecule has 0 unspecified atom stereocenters. The van der Waals surface area contributed by atoms with Crippen LogP contribution in [0.5, 0.6) is 0 Å². The maximum atomic E-state index is 10.7. The van der Waals surface area contributed by atoms with Gasteiger partial charge in [0.1, 0.15) is 0 Å². The van der Waals surface area contributed by atoms with Crippen LogP contribution in [0.4, 0.5) is 26.3 Å². The largest absolute Gasteiger partial charge is 2.00 e. The number of halogens is 6. The second-order valence-electron chi connectivity index (χ2n) is 11.0. The maximum Gasteiger partial charge on any atom is 2.00 e. The monoisotopic (exact) mass is 1040 g/mol. The molecule has 4 aromatic heterocycles. The van der Waals surface area contributed by atoms with Crippen molar-refractivity contribution in [2.75, 3.05) is 0 Å². The molecule has 0 aliphatic heterocycles. The van der Waals surface area contributed by atoms with Crippen LogP contribution in [0, 0.1) is 27.7 Å². The van der Waals surface area contributed by atoms with E-state index in [4.69, 9.17) is 45.7 Å². The van der Waals surface area contributed by atoms with Crippen molar-refractivity contribution in [2.24, 2.45) is 0 Å². The van der Waals surface area contributed by atoms with Gasteiger partial charge in [-0.1, -0.05) is 48.5 Å². The number of carbonyl (C=O) groups is 2. The molecule has 320 valence electrons. The van der Waals surface area contributed by atoms with Crippen molar-refractivity contribution in [3.8, 4) is 0 Å². The Kier molecular flexibility index (Phi) is 22.5. The first-order valence-corrected chi connectivity index (χ1v) is 17.9. The van der Waals surface area contributed by atoms with Gasteiger partial charge in [0.05, 0.1) is 22.1 Å². The van der Waals surface area contributed by atoms with Gasteiger partial charge >= 0.3 is 51.9 Å². The molecule has 0 saturated heterocycles. The van der Waals surface area contributed by atoms with Crippen LogP contribution in [0.3, 0.4) is 0 Å². The zero-order valence-corrected chi connectivity index (χ0v) is 35.3. The zero-order valence-electron chi connectivity index (χ0n) is 30.5. The van der Waals surface area contributed by atoms with E-state index in [2.05, 4.69) is 68.5 Å². The van der Waals surface area contributed by atoms with E-state index in [0.717, 1.165) is 80.2 Å². The standard InChI is InChI=1S/2C14H12N2.2C2H4O2.2CHF3O3S.2Pd/c2*1-9-3-5-11-7-8-12-6-4-10(2)16-14(12)13(11)15-9;2*1-2(3)4;2*2-1(3,4)8(5,6)7;;/h2*3-8H,1-2H3;2*1H3,(H,3,4);2*(H,5,6,7);;/q;;;;;;2*+2/p-4. The summed E-state index contributed by atoms with van der Waals surface area (Å²) in [5.41, 5.74) is -3.16. The minimum Gasteiger partial charge on any atom is -0.741 e. The van der Waals surface area contributed by atoms with E-state index >= 15 is 0 Å². The number of aryl methyl sites for hydroxylation is 4. The van der Waals surface area contributed by atoms with Crippen molar-refractivity contribution in [2.45, 2.75) is 52.6 Å². The van der Waals surface area contributed by atoms with Crippen LogP contribution in [0.1, 0.15) is 36.6 Å². The van der Waals surface area contributed by atoms with Gasteiger partial charge in [-0.25, -0.2) is 16.8 Å². The van der Waals surface area contributed by atoms with Gasteiger partial charge in [-0.15, -0.1) is 0 Å². The average molecular weight is 1050 g/mol. The van der Waals surface area contributed by atoms with Crippen molar-refractivity contribution in [1.29, 1.82) is 0 Å². The summed E-state index contributed by atoms with van der Waals surface area (Å²) in [4.78, 5) is 36.1. The summed E-state index contributed by atoms with van der Waals surface area (Å²) in [6, 6.07) is 24.9.